The Hall–Kier alpha value is -1.40. The highest BCUT2D eigenvalue weighted by Crippen LogP contribution is 2.34. The highest BCUT2D eigenvalue weighted by Gasteiger charge is 2.35. The molecular formula is C14H12F4OS. The molecule has 1 aromatic carbocycles. The van der Waals surface area contributed by atoms with Crippen molar-refractivity contribution in [3.05, 3.63) is 57.5 Å². The summed E-state index contributed by atoms with van der Waals surface area (Å²) in [5.41, 5.74) is -1.65. The van der Waals surface area contributed by atoms with Crippen molar-refractivity contribution >= 4 is 11.3 Å². The molecule has 0 radical (unpaired) electrons. The van der Waals surface area contributed by atoms with Gasteiger partial charge in [0.25, 0.3) is 0 Å². The smallest absolute Gasteiger partial charge is 0.388 e. The third kappa shape index (κ3) is 3.37. The van der Waals surface area contributed by atoms with Gasteiger partial charge in [0.1, 0.15) is 5.82 Å². The molecule has 0 spiro atoms. The van der Waals surface area contributed by atoms with E-state index in [1.165, 1.54) is 17.4 Å². The first-order valence-electron chi connectivity index (χ1n) is 5.95. The van der Waals surface area contributed by atoms with Crippen molar-refractivity contribution in [1.29, 1.82) is 0 Å². The topological polar surface area (TPSA) is 20.2 Å². The molecule has 1 atom stereocenters. The molecular weight excluding hydrogens is 292 g/mol. The van der Waals surface area contributed by atoms with Crippen molar-refractivity contribution in [2.45, 2.75) is 25.1 Å². The molecule has 0 bridgehead atoms. The fourth-order valence-electron chi connectivity index (χ4n) is 1.92. The van der Waals surface area contributed by atoms with E-state index in [1.807, 2.05) is 17.5 Å². The van der Waals surface area contributed by atoms with Gasteiger partial charge < -0.3 is 5.11 Å². The molecule has 0 aliphatic rings. The molecule has 0 saturated carbocycles. The monoisotopic (exact) mass is 304 g/mol. The fourth-order valence-corrected chi connectivity index (χ4v) is 2.64. The number of halogens is 4. The number of hydrogen-bond acceptors (Lipinski definition) is 2. The third-order valence-electron chi connectivity index (χ3n) is 2.94. The summed E-state index contributed by atoms with van der Waals surface area (Å²) < 4.78 is 51.6. The van der Waals surface area contributed by atoms with Crippen LogP contribution in [0.3, 0.4) is 0 Å². The summed E-state index contributed by atoms with van der Waals surface area (Å²) in [6.45, 7) is 0. The molecule has 108 valence electrons. The summed E-state index contributed by atoms with van der Waals surface area (Å²) in [4.78, 5) is 0.997. The van der Waals surface area contributed by atoms with Gasteiger partial charge in [0.15, 0.2) is 0 Å². The number of aryl methyl sites for hydroxylation is 1. The Morgan fingerprint density at radius 1 is 1.15 bits per heavy atom. The van der Waals surface area contributed by atoms with Crippen LogP contribution in [0.5, 0.6) is 0 Å². The Kier molecular flexibility index (Phi) is 4.45. The average molecular weight is 304 g/mol. The molecule has 2 aromatic rings. The standard InChI is InChI=1S/C14H12F4OS/c15-13-10(4-1-5-11(13)14(16,17)18)12(19)7-6-9-3-2-8-20-9/h1-5,8,12,19H,6-7H2. The molecule has 20 heavy (non-hydrogen) atoms. The lowest BCUT2D eigenvalue weighted by molar-refractivity contribution is -0.140. The minimum absolute atomic E-state index is 0.179. The second-order valence-corrected chi connectivity index (χ2v) is 5.37. The van der Waals surface area contributed by atoms with Crippen LogP contribution in [-0.4, -0.2) is 5.11 Å². The molecule has 0 fully saturated rings. The van der Waals surface area contributed by atoms with Crippen molar-refractivity contribution in [1.82, 2.24) is 0 Å². The normalized spacial score (nSPS) is 13.4. The summed E-state index contributed by atoms with van der Waals surface area (Å²) in [6.07, 6.45) is -5.33. The van der Waals surface area contributed by atoms with Gasteiger partial charge in [-0.1, -0.05) is 18.2 Å². The van der Waals surface area contributed by atoms with Crippen molar-refractivity contribution < 1.29 is 22.7 Å². The third-order valence-corrected chi connectivity index (χ3v) is 3.87. The maximum Gasteiger partial charge on any atom is 0.419 e. The van der Waals surface area contributed by atoms with Gasteiger partial charge in [0.05, 0.1) is 11.7 Å². The van der Waals surface area contributed by atoms with E-state index < -0.39 is 23.7 Å². The Morgan fingerprint density at radius 2 is 1.90 bits per heavy atom. The molecule has 0 aliphatic carbocycles. The lowest BCUT2D eigenvalue weighted by atomic mass is 10.0. The van der Waals surface area contributed by atoms with E-state index in [0.717, 1.165) is 10.9 Å². The van der Waals surface area contributed by atoms with Crippen LogP contribution in [-0.2, 0) is 12.6 Å². The average Bonchev–Trinajstić information content (AvgIpc) is 2.88. The van der Waals surface area contributed by atoms with Crippen molar-refractivity contribution in [2.75, 3.05) is 0 Å². The Bertz CT molecular complexity index is 563. The maximum absolute atomic E-state index is 13.8. The van der Waals surface area contributed by atoms with Crippen LogP contribution in [0.2, 0.25) is 0 Å². The number of thiophene rings is 1. The Labute approximate surface area is 117 Å². The Balaban J connectivity index is 2.15. The highest BCUT2D eigenvalue weighted by atomic mass is 32.1. The van der Waals surface area contributed by atoms with E-state index in [0.29, 0.717) is 12.5 Å². The molecule has 2 rings (SSSR count). The van der Waals surface area contributed by atoms with Gasteiger partial charge in [-0.2, -0.15) is 13.2 Å². The molecule has 1 unspecified atom stereocenters. The van der Waals surface area contributed by atoms with Gasteiger partial charge in [-0.25, -0.2) is 4.39 Å². The van der Waals surface area contributed by atoms with Gasteiger partial charge in [-0.3, -0.25) is 0 Å². The highest BCUT2D eigenvalue weighted by molar-refractivity contribution is 7.09. The van der Waals surface area contributed by atoms with E-state index in [2.05, 4.69) is 0 Å². The quantitative estimate of drug-likeness (QED) is 0.820. The molecule has 0 amide bonds. The predicted molar refractivity (Wildman–Crippen MR) is 69.0 cm³/mol. The number of rotatable bonds is 4. The van der Waals surface area contributed by atoms with Crippen molar-refractivity contribution in [3.8, 4) is 0 Å². The first-order valence-corrected chi connectivity index (χ1v) is 6.83. The summed E-state index contributed by atoms with van der Waals surface area (Å²) in [6, 6.07) is 6.67. The summed E-state index contributed by atoms with van der Waals surface area (Å²) in [7, 11) is 0. The summed E-state index contributed by atoms with van der Waals surface area (Å²) >= 11 is 1.49. The van der Waals surface area contributed by atoms with Gasteiger partial charge in [0, 0.05) is 10.4 Å². The molecule has 0 saturated heterocycles. The van der Waals surface area contributed by atoms with Crippen LogP contribution in [0, 0.1) is 5.82 Å². The van der Waals surface area contributed by atoms with Crippen LogP contribution < -0.4 is 0 Å². The maximum atomic E-state index is 13.8. The number of aliphatic hydroxyl groups excluding tert-OH is 1. The van der Waals surface area contributed by atoms with Crippen molar-refractivity contribution in [2.24, 2.45) is 0 Å². The van der Waals surface area contributed by atoms with Crippen LogP contribution in [0.1, 0.15) is 28.5 Å². The largest absolute Gasteiger partial charge is 0.419 e. The number of aliphatic hydroxyl groups is 1. The molecule has 0 aliphatic heterocycles. The van der Waals surface area contributed by atoms with Gasteiger partial charge >= 0.3 is 6.18 Å². The van der Waals surface area contributed by atoms with Gasteiger partial charge in [0.2, 0.25) is 0 Å². The first kappa shape index (κ1) is 15.0. The van der Waals surface area contributed by atoms with Crippen LogP contribution in [0.25, 0.3) is 0 Å². The van der Waals surface area contributed by atoms with Crippen LogP contribution in [0.15, 0.2) is 35.7 Å². The van der Waals surface area contributed by atoms with E-state index >= 15 is 0 Å². The zero-order valence-electron chi connectivity index (χ0n) is 10.3. The van der Waals surface area contributed by atoms with Crippen molar-refractivity contribution in [3.63, 3.8) is 0 Å². The summed E-state index contributed by atoms with van der Waals surface area (Å²) in [5.74, 6) is -1.39. The summed E-state index contributed by atoms with van der Waals surface area (Å²) in [5, 5.41) is 11.8. The lowest BCUT2D eigenvalue weighted by Crippen LogP contribution is -2.12. The van der Waals surface area contributed by atoms with Gasteiger partial charge in [-0.05, 0) is 30.4 Å². The molecule has 1 nitrogen and oxygen atoms in total. The molecule has 1 heterocycles. The Morgan fingerprint density at radius 3 is 2.50 bits per heavy atom. The lowest BCUT2D eigenvalue weighted by Gasteiger charge is -2.15. The van der Waals surface area contributed by atoms with Gasteiger partial charge in [-0.15, -0.1) is 11.3 Å². The second kappa shape index (κ2) is 5.93. The molecule has 6 heteroatoms. The van der Waals surface area contributed by atoms with E-state index in [4.69, 9.17) is 0 Å². The zero-order valence-corrected chi connectivity index (χ0v) is 11.1. The minimum Gasteiger partial charge on any atom is -0.388 e. The fraction of sp³-hybridized carbons (Fsp3) is 0.286. The number of hydrogen-bond donors (Lipinski definition) is 1. The number of alkyl halides is 3. The van der Waals surface area contributed by atoms with E-state index in [-0.39, 0.29) is 12.0 Å². The predicted octanol–water partition coefficient (Wildman–Crippen LogP) is 4.57. The van der Waals surface area contributed by atoms with Crippen LogP contribution in [0.4, 0.5) is 17.6 Å². The zero-order chi connectivity index (χ0) is 14.8. The second-order valence-electron chi connectivity index (χ2n) is 4.34. The minimum atomic E-state index is -4.76. The molecule has 1 aromatic heterocycles. The molecule has 1 N–H and O–H groups in total. The van der Waals surface area contributed by atoms with E-state index in [1.54, 1.807) is 0 Å². The first-order chi connectivity index (χ1) is 9.39. The SMILES string of the molecule is OC(CCc1cccs1)c1cccc(C(F)(F)F)c1F. The van der Waals surface area contributed by atoms with E-state index in [9.17, 15) is 22.7 Å². The number of benzene rings is 1. The van der Waals surface area contributed by atoms with Crippen LogP contribution >= 0.6 is 11.3 Å².